The predicted molar refractivity (Wildman–Crippen MR) is 90.6 cm³/mol. The highest BCUT2D eigenvalue weighted by atomic mass is 16.3. The zero-order valence-electron chi connectivity index (χ0n) is 13.9. The van der Waals surface area contributed by atoms with Gasteiger partial charge in [-0.3, -0.25) is 9.69 Å². The van der Waals surface area contributed by atoms with Crippen molar-refractivity contribution in [3.8, 4) is 0 Å². The Hall–Kier alpha value is -1.39. The molecule has 23 heavy (non-hydrogen) atoms. The first kappa shape index (κ1) is 16.5. The fraction of sp³-hybridized carbons (Fsp3) is 0.632. The van der Waals surface area contributed by atoms with Crippen molar-refractivity contribution < 1.29 is 9.90 Å². The van der Waals surface area contributed by atoms with Gasteiger partial charge in [0, 0.05) is 19.5 Å². The van der Waals surface area contributed by atoms with Crippen LogP contribution in [-0.2, 0) is 11.3 Å². The lowest BCUT2D eigenvalue weighted by molar-refractivity contribution is -0.145. The topological polar surface area (TPSA) is 43.8 Å². The van der Waals surface area contributed by atoms with E-state index in [4.69, 9.17) is 0 Å². The maximum absolute atomic E-state index is 12.4. The second-order valence-electron chi connectivity index (χ2n) is 6.97. The van der Waals surface area contributed by atoms with Crippen LogP contribution in [0.1, 0.15) is 44.1 Å². The summed E-state index contributed by atoms with van der Waals surface area (Å²) in [6, 6.07) is 10.6. The number of hydrogen-bond acceptors (Lipinski definition) is 3. The average Bonchev–Trinajstić information content (AvgIpc) is 2.58. The van der Waals surface area contributed by atoms with Gasteiger partial charge in [-0.25, -0.2) is 0 Å². The molecule has 0 aliphatic carbocycles. The van der Waals surface area contributed by atoms with Crippen LogP contribution < -0.4 is 0 Å². The van der Waals surface area contributed by atoms with E-state index in [9.17, 15) is 9.90 Å². The van der Waals surface area contributed by atoms with Crippen LogP contribution in [0.4, 0.5) is 0 Å². The third kappa shape index (κ3) is 4.55. The summed E-state index contributed by atoms with van der Waals surface area (Å²) in [6.07, 6.45) is 5.03. The summed E-state index contributed by atoms with van der Waals surface area (Å²) < 4.78 is 0. The number of carbonyl (C=O) groups is 1. The van der Waals surface area contributed by atoms with E-state index in [0.29, 0.717) is 12.3 Å². The molecule has 1 N–H and O–H groups in total. The molecule has 0 radical (unpaired) electrons. The van der Waals surface area contributed by atoms with Gasteiger partial charge in [-0.2, -0.15) is 0 Å². The molecule has 2 fully saturated rings. The smallest absolute Gasteiger partial charge is 0.224 e. The molecule has 1 aromatic carbocycles. The number of piperidine rings is 2. The summed E-state index contributed by atoms with van der Waals surface area (Å²) in [6.45, 7) is 3.87. The van der Waals surface area contributed by atoms with Crippen molar-refractivity contribution in [3.05, 3.63) is 35.9 Å². The highest BCUT2D eigenvalue weighted by Gasteiger charge is 2.28. The van der Waals surface area contributed by atoms with E-state index in [2.05, 4.69) is 35.2 Å². The van der Waals surface area contributed by atoms with Crippen molar-refractivity contribution in [1.29, 1.82) is 0 Å². The first-order chi connectivity index (χ1) is 11.2. The number of amides is 1. The number of rotatable bonds is 4. The summed E-state index contributed by atoms with van der Waals surface area (Å²) >= 11 is 0. The minimum atomic E-state index is -0.547. The minimum Gasteiger partial charge on any atom is -0.374 e. The van der Waals surface area contributed by atoms with Crippen LogP contribution in [0, 0.1) is 5.92 Å². The summed E-state index contributed by atoms with van der Waals surface area (Å²) in [4.78, 5) is 16.6. The van der Waals surface area contributed by atoms with Crippen molar-refractivity contribution in [2.75, 3.05) is 19.6 Å². The molecule has 0 bridgehead atoms. The Labute approximate surface area is 139 Å². The maximum Gasteiger partial charge on any atom is 0.224 e. The van der Waals surface area contributed by atoms with Crippen molar-refractivity contribution >= 4 is 5.91 Å². The molecule has 2 aliphatic rings. The van der Waals surface area contributed by atoms with Gasteiger partial charge in [0.25, 0.3) is 0 Å². The zero-order valence-corrected chi connectivity index (χ0v) is 13.9. The molecule has 4 heteroatoms. The molecule has 0 spiro atoms. The highest BCUT2D eigenvalue weighted by molar-refractivity contribution is 5.76. The van der Waals surface area contributed by atoms with E-state index in [1.807, 2.05) is 0 Å². The Kier molecular flexibility index (Phi) is 5.68. The first-order valence-electron chi connectivity index (χ1n) is 8.96. The standard InChI is InChI=1S/C19H28N2O2/c22-18-8-4-5-11-21(18)19(23)14-16-9-12-20(13-10-16)15-17-6-2-1-3-7-17/h1-3,6-7,16,18,22H,4-5,8-15H2. The molecule has 4 nitrogen and oxygen atoms in total. The number of benzene rings is 1. The van der Waals surface area contributed by atoms with Gasteiger partial charge < -0.3 is 10.0 Å². The molecule has 1 aromatic rings. The average molecular weight is 316 g/mol. The Morgan fingerprint density at radius 1 is 1.04 bits per heavy atom. The minimum absolute atomic E-state index is 0.152. The van der Waals surface area contributed by atoms with E-state index in [0.717, 1.165) is 58.3 Å². The molecule has 126 valence electrons. The second-order valence-corrected chi connectivity index (χ2v) is 6.97. The molecule has 2 saturated heterocycles. The lowest BCUT2D eigenvalue weighted by Crippen LogP contribution is -2.45. The molecule has 1 atom stereocenters. The molecule has 2 aliphatic heterocycles. The van der Waals surface area contributed by atoms with E-state index in [1.165, 1.54) is 5.56 Å². The van der Waals surface area contributed by atoms with Crippen molar-refractivity contribution in [1.82, 2.24) is 9.80 Å². The highest BCUT2D eigenvalue weighted by Crippen LogP contribution is 2.24. The van der Waals surface area contributed by atoms with E-state index >= 15 is 0 Å². The second kappa shape index (κ2) is 7.93. The van der Waals surface area contributed by atoms with Crippen LogP contribution in [-0.4, -0.2) is 46.7 Å². The van der Waals surface area contributed by atoms with Gasteiger partial charge in [0.15, 0.2) is 0 Å². The fourth-order valence-electron chi connectivity index (χ4n) is 3.76. The van der Waals surface area contributed by atoms with Gasteiger partial charge in [-0.1, -0.05) is 30.3 Å². The van der Waals surface area contributed by atoms with Crippen molar-refractivity contribution in [2.24, 2.45) is 5.92 Å². The SMILES string of the molecule is O=C(CC1CCN(Cc2ccccc2)CC1)N1CCCCC1O. The lowest BCUT2D eigenvalue weighted by atomic mass is 9.92. The van der Waals surface area contributed by atoms with Gasteiger partial charge >= 0.3 is 0 Å². The Bertz CT molecular complexity index is 497. The van der Waals surface area contributed by atoms with Gasteiger partial charge in [-0.05, 0) is 56.7 Å². The number of aliphatic hydroxyl groups is 1. The summed E-state index contributed by atoms with van der Waals surface area (Å²) in [7, 11) is 0. The molecule has 3 rings (SSSR count). The summed E-state index contributed by atoms with van der Waals surface area (Å²) in [5.74, 6) is 0.627. The first-order valence-corrected chi connectivity index (χ1v) is 8.96. The number of aliphatic hydroxyl groups excluding tert-OH is 1. The van der Waals surface area contributed by atoms with Gasteiger partial charge in [0.2, 0.25) is 5.91 Å². The molecular weight excluding hydrogens is 288 g/mol. The van der Waals surface area contributed by atoms with E-state index < -0.39 is 6.23 Å². The van der Waals surface area contributed by atoms with Gasteiger partial charge in [0.1, 0.15) is 6.23 Å². The van der Waals surface area contributed by atoms with E-state index in [1.54, 1.807) is 4.90 Å². The van der Waals surface area contributed by atoms with Crippen LogP contribution in [0.15, 0.2) is 30.3 Å². The van der Waals surface area contributed by atoms with Crippen molar-refractivity contribution in [3.63, 3.8) is 0 Å². The van der Waals surface area contributed by atoms with Crippen LogP contribution in [0.2, 0.25) is 0 Å². The Morgan fingerprint density at radius 3 is 2.48 bits per heavy atom. The normalized spacial score (nSPS) is 23.9. The quantitative estimate of drug-likeness (QED) is 0.928. The molecule has 0 aromatic heterocycles. The van der Waals surface area contributed by atoms with Gasteiger partial charge in [-0.15, -0.1) is 0 Å². The molecule has 1 unspecified atom stereocenters. The zero-order chi connectivity index (χ0) is 16.1. The molecule has 1 amide bonds. The van der Waals surface area contributed by atoms with Crippen LogP contribution in [0.3, 0.4) is 0 Å². The summed E-state index contributed by atoms with van der Waals surface area (Å²) in [5, 5.41) is 9.97. The summed E-state index contributed by atoms with van der Waals surface area (Å²) in [5.41, 5.74) is 1.36. The van der Waals surface area contributed by atoms with Crippen LogP contribution in [0.5, 0.6) is 0 Å². The van der Waals surface area contributed by atoms with Crippen molar-refractivity contribution in [2.45, 2.75) is 51.3 Å². The number of hydrogen-bond donors (Lipinski definition) is 1. The third-order valence-corrected chi connectivity index (χ3v) is 5.21. The van der Waals surface area contributed by atoms with Gasteiger partial charge in [0.05, 0.1) is 0 Å². The number of likely N-dealkylation sites (tertiary alicyclic amines) is 2. The lowest BCUT2D eigenvalue weighted by Gasteiger charge is -2.35. The Morgan fingerprint density at radius 2 is 1.78 bits per heavy atom. The molecular formula is C19H28N2O2. The fourth-order valence-corrected chi connectivity index (χ4v) is 3.76. The van der Waals surface area contributed by atoms with Crippen LogP contribution in [0.25, 0.3) is 0 Å². The largest absolute Gasteiger partial charge is 0.374 e. The number of nitrogens with zero attached hydrogens (tertiary/aromatic N) is 2. The predicted octanol–water partition coefficient (Wildman–Crippen LogP) is 2.62. The third-order valence-electron chi connectivity index (χ3n) is 5.21. The Balaban J connectivity index is 1.43. The monoisotopic (exact) mass is 316 g/mol. The maximum atomic E-state index is 12.4. The number of carbonyl (C=O) groups excluding carboxylic acids is 1. The van der Waals surface area contributed by atoms with Crippen LogP contribution >= 0.6 is 0 Å². The van der Waals surface area contributed by atoms with E-state index in [-0.39, 0.29) is 5.91 Å². The molecule has 2 heterocycles. The molecule has 0 saturated carbocycles.